The fraction of sp³-hybridized carbons (Fsp3) is 0.500. The Labute approximate surface area is 106 Å². The molecule has 0 saturated carbocycles. The summed E-state index contributed by atoms with van der Waals surface area (Å²) in [6, 6.07) is 3.75. The summed E-state index contributed by atoms with van der Waals surface area (Å²) in [5.74, 6) is -0.0301. The van der Waals surface area contributed by atoms with Gasteiger partial charge in [0.05, 0.1) is 25.9 Å². The van der Waals surface area contributed by atoms with E-state index >= 15 is 0 Å². The van der Waals surface area contributed by atoms with E-state index in [1.807, 2.05) is 12.1 Å². The summed E-state index contributed by atoms with van der Waals surface area (Å²) in [4.78, 5) is 6.20. The summed E-state index contributed by atoms with van der Waals surface area (Å²) in [6.45, 7) is 2.83. The highest BCUT2D eigenvalue weighted by Crippen LogP contribution is 2.12. The van der Waals surface area contributed by atoms with Gasteiger partial charge in [-0.3, -0.25) is 15.3 Å². The Hall–Kier alpha value is -1.50. The molecule has 2 heterocycles. The van der Waals surface area contributed by atoms with Gasteiger partial charge in [-0.05, 0) is 17.7 Å². The van der Waals surface area contributed by atoms with E-state index in [2.05, 4.69) is 9.88 Å². The molecule has 1 aromatic heterocycles. The van der Waals surface area contributed by atoms with Gasteiger partial charge in [0, 0.05) is 19.3 Å². The molecule has 2 rings (SSSR count). The predicted octanol–water partition coefficient (Wildman–Crippen LogP) is -0.441. The maximum atomic E-state index is 9.29. The predicted molar refractivity (Wildman–Crippen MR) is 67.4 cm³/mol. The number of aromatic nitrogens is 1. The van der Waals surface area contributed by atoms with Gasteiger partial charge in [0.1, 0.15) is 11.5 Å². The number of nitrogen functional groups attached to an aromatic ring is 1. The van der Waals surface area contributed by atoms with E-state index in [0.717, 1.165) is 12.1 Å². The standard InChI is InChI=1S/C12H18N4O2/c13-12(14)11-5-9(1-2-15-11)6-16-3-4-18-8-10(16)7-17/h1-2,5,10,17H,3-4,6-8H2,(H3,13,14). The van der Waals surface area contributed by atoms with Crippen molar-refractivity contribution in [1.82, 2.24) is 9.88 Å². The third kappa shape index (κ3) is 3.04. The smallest absolute Gasteiger partial charge is 0.141 e. The molecule has 0 amide bonds. The molecule has 0 aliphatic carbocycles. The summed E-state index contributed by atoms with van der Waals surface area (Å²) in [6.07, 6.45) is 1.65. The van der Waals surface area contributed by atoms with Crippen LogP contribution in [0.1, 0.15) is 11.3 Å². The molecular formula is C12H18N4O2. The van der Waals surface area contributed by atoms with Crippen LogP contribution < -0.4 is 5.73 Å². The number of ether oxygens (including phenoxy) is 1. The minimum absolute atomic E-state index is 0.0301. The molecule has 1 unspecified atom stereocenters. The Kier molecular flexibility index (Phi) is 4.24. The number of pyridine rings is 1. The van der Waals surface area contributed by atoms with Crippen molar-refractivity contribution in [3.05, 3.63) is 29.6 Å². The average molecular weight is 250 g/mol. The number of amidine groups is 1. The zero-order valence-corrected chi connectivity index (χ0v) is 10.2. The van der Waals surface area contributed by atoms with E-state index in [9.17, 15) is 5.11 Å². The monoisotopic (exact) mass is 250 g/mol. The number of morpholine rings is 1. The molecule has 4 N–H and O–H groups in total. The number of nitrogens with zero attached hydrogens (tertiary/aromatic N) is 2. The van der Waals surface area contributed by atoms with Crippen LogP contribution in [0.2, 0.25) is 0 Å². The third-order valence-corrected chi connectivity index (χ3v) is 3.05. The van der Waals surface area contributed by atoms with Gasteiger partial charge in [0.25, 0.3) is 0 Å². The van der Waals surface area contributed by atoms with Gasteiger partial charge in [-0.2, -0.15) is 0 Å². The molecule has 1 aromatic rings. The summed E-state index contributed by atoms with van der Waals surface area (Å²) < 4.78 is 5.33. The van der Waals surface area contributed by atoms with Crippen LogP contribution in [0.5, 0.6) is 0 Å². The maximum absolute atomic E-state index is 9.29. The van der Waals surface area contributed by atoms with Crippen molar-refractivity contribution in [3.63, 3.8) is 0 Å². The normalized spacial score (nSPS) is 20.8. The van der Waals surface area contributed by atoms with E-state index in [1.165, 1.54) is 0 Å². The number of rotatable bonds is 4. The fourth-order valence-corrected chi connectivity index (χ4v) is 2.02. The average Bonchev–Trinajstić information content (AvgIpc) is 2.39. The molecule has 6 heteroatoms. The van der Waals surface area contributed by atoms with Crippen molar-refractivity contribution in [2.24, 2.45) is 5.73 Å². The molecule has 0 bridgehead atoms. The lowest BCUT2D eigenvalue weighted by Gasteiger charge is -2.34. The number of hydrogen-bond donors (Lipinski definition) is 3. The van der Waals surface area contributed by atoms with E-state index in [0.29, 0.717) is 25.5 Å². The van der Waals surface area contributed by atoms with E-state index in [4.69, 9.17) is 15.9 Å². The molecule has 1 atom stereocenters. The Morgan fingerprint density at radius 1 is 1.67 bits per heavy atom. The first-order valence-electron chi connectivity index (χ1n) is 5.92. The lowest BCUT2D eigenvalue weighted by atomic mass is 10.1. The van der Waals surface area contributed by atoms with E-state index in [1.54, 1.807) is 6.20 Å². The molecule has 1 saturated heterocycles. The van der Waals surface area contributed by atoms with Gasteiger partial charge in [-0.25, -0.2) is 0 Å². The van der Waals surface area contributed by atoms with Crippen molar-refractivity contribution in [1.29, 1.82) is 5.41 Å². The number of nitrogens with two attached hydrogens (primary N) is 1. The highest BCUT2D eigenvalue weighted by molar-refractivity contribution is 5.93. The number of aliphatic hydroxyl groups is 1. The van der Waals surface area contributed by atoms with Crippen LogP contribution in [0.3, 0.4) is 0 Å². The first-order valence-corrected chi connectivity index (χ1v) is 5.92. The Bertz CT molecular complexity index is 424. The van der Waals surface area contributed by atoms with E-state index < -0.39 is 0 Å². The van der Waals surface area contributed by atoms with Gasteiger partial charge >= 0.3 is 0 Å². The van der Waals surface area contributed by atoms with Crippen LogP contribution in [-0.4, -0.2) is 53.2 Å². The summed E-state index contributed by atoms with van der Waals surface area (Å²) in [5.41, 5.74) is 6.94. The molecule has 18 heavy (non-hydrogen) atoms. The largest absolute Gasteiger partial charge is 0.395 e. The van der Waals surface area contributed by atoms with Crippen molar-refractivity contribution >= 4 is 5.84 Å². The summed E-state index contributed by atoms with van der Waals surface area (Å²) >= 11 is 0. The molecule has 98 valence electrons. The van der Waals surface area contributed by atoms with E-state index in [-0.39, 0.29) is 18.5 Å². The highest BCUT2D eigenvalue weighted by Gasteiger charge is 2.22. The second-order valence-corrected chi connectivity index (χ2v) is 4.34. The van der Waals surface area contributed by atoms with Crippen LogP contribution in [0, 0.1) is 5.41 Å². The van der Waals surface area contributed by atoms with Crippen LogP contribution in [0.15, 0.2) is 18.3 Å². The van der Waals surface area contributed by atoms with Crippen LogP contribution in [0.25, 0.3) is 0 Å². The molecule has 6 nitrogen and oxygen atoms in total. The first-order chi connectivity index (χ1) is 8.70. The first kappa shape index (κ1) is 12.9. The Balaban J connectivity index is 2.07. The molecule has 1 fully saturated rings. The van der Waals surface area contributed by atoms with Gasteiger partial charge < -0.3 is 15.6 Å². The molecule has 0 aromatic carbocycles. The van der Waals surface area contributed by atoms with Crippen molar-refractivity contribution in [2.45, 2.75) is 12.6 Å². The van der Waals surface area contributed by atoms with Crippen LogP contribution in [-0.2, 0) is 11.3 Å². The van der Waals surface area contributed by atoms with Crippen molar-refractivity contribution in [3.8, 4) is 0 Å². The minimum Gasteiger partial charge on any atom is -0.395 e. The molecule has 0 radical (unpaired) electrons. The molecule has 1 aliphatic heterocycles. The lowest BCUT2D eigenvalue weighted by molar-refractivity contribution is -0.0312. The fourth-order valence-electron chi connectivity index (χ4n) is 2.02. The number of hydrogen-bond acceptors (Lipinski definition) is 5. The zero-order valence-electron chi connectivity index (χ0n) is 10.2. The Morgan fingerprint density at radius 3 is 3.22 bits per heavy atom. The quantitative estimate of drug-likeness (QED) is 0.497. The van der Waals surface area contributed by atoms with Gasteiger partial charge in [0.15, 0.2) is 0 Å². The maximum Gasteiger partial charge on any atom is 0.141 e. The van der Waals surface area contributed by atoms with Crippen molar-refractivity contribution in [2.75, 3.05) is 26.4 Å². The SMILES string of the molecule is N=C(N)c1cc(CN2CCOCC2CO)ccn1. The van der Waals surface area contributed by atoms with Gasteiger partial charge in [-0.15, -0.1) is 0 Å². The highest BCUT2D eigenvalue weighted by atomic mass is 16.5. The molecule has 0 spiro atoms. The van der Waals surface area contributed by atoms with Gasteiger partial charge in [-0.1, -0.05) is 0 Å². The lowest BCUT2D eigenvalue weighted by Crippen LogP contribution is -2.46. The number of aliphatic hydroxyl groups excluding tert-OH is 1. The van der Waals surface area contributed by atoms with Crippen molar-refractivity contribution < 1.29 is 9.84 Å². The third-order valence-electron chi connectivity index (χ3n) is 3.05. The van der Waals surface area contributed by atoms with Gasteiger partial charge in [0.2, 0.25) is 0 Å². The summed E-state index contributed by atoms with van der Waals surface area (Å²) in [5, 5.41) is 16.7. The second kappa shape index (κ2) is 5.90. The minimum atomic E-state index is -0.0301. The summed E-state index contributed by atoms with van der Waals surface area (Å²) in [7, 11) is 0. The Morgan fingerprint density at radius 2 is 2.50 bits per heavy atom. The second-order valence-electron chi connectivity index (χ2n) is 4.34. The molecule has 1 aliphatic rings. The van der Waals surface area contributed by atoms with Crippen LogP contribution in [0.4, 0.5) is 0 Å². The topological polar surface area (TPSA) is 95.5 Å². The zero-order chi connectivity index (χ0) is 13.0. The molecular weight excluding hydrogens is 232 g/mol. The number of nitrogens with one attached hydrogen (secondary N) is 1. The van der Waals surface area contributed by atoms with Crippen LogP contribution >= 0.6 is 0 Å².